The zero-order chi connectivity index (χ0) is 15.3. The maximum atomic E-state index is 10.9. The molecule has 1 aromatic carbocycles. The third-order valence-corrected chi connectivity index (χ3v) is 5.04. The van der Waals surface area contributed by atoms with Gasteiger partial charge in [-0.25, -0.2) is 4.98 Å². The van der Waals surface area contributed by atoms with Crippen molar-refractivity contribution in [1.82, 2.24) is 14.9 Å². The van der Waals surface area contributed by atoms with Gasteiger partial charge < -0.3 is 14.8 Å². The molecule has 2 aliphatic heterocycles. The monoisotopic (exact) mass is 301 g/mol. The van der Waals surface area contributed by atoms with Crippen LogP contribution in [-0.4, -0.2) is 44.8 Å². The molecule has 118 valence electrons. The molecule has 1 aromatic heterocycles. The fourth-order valence-electron chi connectivity index (χ4n) is 3.79. The normalized spacial score (nSPS) is 28.3. The number of hydrogen-bond donors (Lipinski definition) is 2. The van der Waals surface area contributed by atoms with Crippen LogP contribution in [0, 0.1) is 0 Å². The molecule has 0 bridgehead atoms. The predicted molar refractivity (Wildman–Crippen MR) is 85.0 cm³/mol. The fraction of sp³-hybridized carbons (Fsp3) is 0.588. The molecular formula is C17H23N3O2. The Bertz CT molecular complexity index is 688. The van der Waals surface area contributed by atoms with Crippen LogP contribution in [0.4, 0.5) is 0 Å². The molecule has 0 saturated carbocycles. The van der Waals surface area contributed by atoms with Crippen molar-refractivity contribution in [2.45, 2.75) is 50.9 Å². The average molecular weight is 301 g/mol. The summed E-state index contributed by atoms with van der Waals surface area (Å²) >= 11 is 0. The van der Waals surface area contributed by atoms with E-state index in [0.717, 1.165) is 35.4 Å². The molecule has 0 radical (unpaired) electrons. The zero-order valence-electron chi connectivity index (χ0n) is 13.2. The van der Waals surface area contributed by atoms with Crippen LogP contribution in [0.3, 0.4) is 0 Å². The van der Waals surface area contributed by atoms with Gasteiger partial charge in [0.05, 0.1) is 23.4 Å². The van der Waals surface area contributed by atoms with Crippen molar-refractivity contribution in [2.24, 2.45) is 0 Å². The lowest BCUT2D eigenvalue weighted by Crippen LogP contribution is -2.54. The minimum atomic E-state index is -0.598. The van der Waals surface area contributed by atoms with Gasteiger partial charge in [-0.2, -0.15) is 0 Å². The van der Waals surface area contributed by atoms with Gasteiger partial charge in [0, 0.05) is 11.6 Å². The number of aliphatic hydroxyl groups excluding tert-OH is 1. The number of aromatic amines is 1. The molecule has 0 spiro atoms. The number of ether oxygens (including phenoxy) is 1. The molecule has 2 aliphatic rings. The maximum absolute atomic E-state index is 10.9. The lowest BCUT2D eigenvalue weighted by molar-refractivity contribution is -0.0960. The number of hydrogen-bond acceptors (Lipinski definition) is 4. The van der Waals surface area contributed by atoms with E-state index < -0.39 is 11.7 Å². The van der Waals surface area contributed by atoms with Gasteiger partial charge in [-0.3, -0.25) is 4.90 Å². The van der Waals surface area contributed by atoms with Gasteiger partial charge in [-0.05, 0) is 45.8 Å². The quantitative estimate of drug-likeness (QED) is 0.850. The van der Waals surface area contributed by atoms with Gasteiger partial charge in [-0.1, -0.05) is 6.42 Å². The number of H-pyrrole nitrogens is 1. The zero-order valence-corrected chi connectivity index (χ0v) is 13.2. The second-order valence-corrected chi connectivity index (χ2v) is 7.00. The number of nitrogens with zero attached hydrogens (tertiary/aromatic N) is 2. The Morgan fingerprint density at radius 1 is 1.27 bits per heavy atom. The summed E-state index contributed by atoms with van der Waals surface area (Å²) in [6, 6.07) is 4.08. The van der Waals surface area contributed by atoms with Crippen LogP contribution >= 0.6 is 0 Å². The standard InChI is InChI=1S/C17H23N3O2/c1-17(2)16(21)15(20-6-4-3-5-7-20)11-8-12-13(19-10-18-12)9-14(11)22-17/h8-10,15-16,21H,3-7H2,1-2H3,(H,18,19). The van der Waals surface area contributed by atoms with Gasteiger partial charge in [0.25, 0.3) is 0 Å². The first-order chi connectivity index (χ1) is 10.6. The fourth-order valence-corrected chi connectivity index (χ4v) is 3.79. The Hall–Kier alpha value is -1.59. The summed E-state index contributed by atoms with van der Waals surface area (Å²) in [5.74, 6) is 0.852. The second-order valence-electron chi connectivity index (χ2n) is 7.00. The van der Waals surface area contributed by atoms with Crippen molar-refractivity contribution in [1.29, 1.82) is 0 Å². The minimum absolute atomic E-state index is 0.00764. The molecule has 2 aromatic rings. The van der Waals surface area contributed by atoms with Crippen molar-refractivity contribution in [3.63, 3.8) is 0 Å². The number of likely N-dealkylation sites (tertiary alicyclic amines) is 1. The molecule has 0 aliphatic carbocycles. The Morgan fingerprint density at radius 3 is 2.82 bits per heavy atom. The van der Waals surface area contributed by atoms with Crippen molar-refractivity contribution in [3.8, 4) is 5.75 Å². The number of aliphatic hydroxyl groups is 1. The molecule has 2 atom stereocenters. The van der Waals surface area contributed by atoms with Crippen LogP contribution in [0.15, 0.2) is 18.5 Å². The van der Waals surface area contributed by atoms with Crippen LogP contribution in [0.2, 0.25) is 0 Å². The van der Waals surface area contributed by atoms with E-state index in [1.165, 1.54) is 19.3 Å². The highest BCUT2D eigenvalue weighted by atomic mass is 16.5. The Morgan fingerprint density at radius 2 is 2.05 bits per heavy atom. The van der Waals surface area contributed by atoms with Crippen LogP contribution < -0.4 is 4.74 Å². The van der Waals surface area contributed by atoms with Crippen LogP contribution in [0.1, 0.15) is 44.7 Å². The van der Waals surface area contributed by atoms with Crippen molar-refractivity contribution >= 4 is 11.0 Å². The second kappa shape index (κ2) is 4.96. The van der Waals surface area contributed by atoms with E-state index in [4.69, 9.17) is 4.74 Å². The molecule has 0 amide bonds. The summed E-state index contributed by atoms with van der Waals surface area (Å²) in [6.45, 7) is 6.01. The van der Waals surface area contributed by atoms with Crippen molar-refractivity contribution in [2.75, 3.05) is 13.1 Å². The minimum Gasteiger partial charge on any atom is -0.485 e. The summed E-state index contributed by atoms with van der Waals surface area (Å²) in [5, 5.41) is 10.9. The number of nitrogens with one attached hydrogen (secondary N) is 1. The first-order valence-corrected chi connectivity index (χ1v) is 8.14. The number of piperidine rings is 1. The third kappa shape index (κ3) is 2.11. The van der Waals surface area contributed by atoms with Gasteiger partial charge in [-0.15, -0.1) is 0 Å². The molecule has 2 N–H and O–H groups in total. The predicted octanol–water partition coefficient (Wildman–Crippen LogP) is 2.62. The van der Waals surface area contributed by atoms with Crippen molar-refractivity contribution < 1.29 is 9.84 Å². The average Bonchev–Trinajstić information content (AvgIpc) is 2.94. The maximum Gasteiger partial charge on any atom is 0.131 e. The molecule has 5 heteroatoms. The van der Waals surface area contributed by atoms with Crippen LogP contribution in [-0.2, 0) is 0 Å². The summed E-state index contributed by atoms with van der Waals surface area (Å²) in [7, 11) is 0. The Balaban J connectivity index is 1.84. The third-order valence-electron chi connectivity index (χ3n) is 5.04. The number of fused-ring (bicyclic) bond motifs is 2. The molecule has 5 nitrogen and oxygen atoms in total. The van der Waals surface area contributed by atoms with Gasteiger partial charge in [0.15, 0.2) is 0 Å². The van der Waals surface area contributed by atoms with E-state index in [0.29, 0.717) is 0 Å². The van der Waals surface area contributed by atoms with E-state index in [1.807, 2.05) is 19.9 Å². The summed E-state index contributed by atoms with van der Waals surface area (Å²) in [5.41, 5.74) is 2.38. The summed E-state index contributed by atoms with van der Waals surface area (Å²) in [4.78, 5) is 9.90. The highest BCUT2D eigenvalue weighted by Gasteiger charge is 2.45. The van der Waals surface area contributed by atoms with E-state index >= 15 is 0 Å². The summed E-state index contributed by atoms with van der Waals surface area (Å²) in [6.07, 6.45) is 4.84. The smallest absolute Gasteiger partial charge is 0.131 e. The Labute approximate surface area is 130 Å². The largest absolute Gasteiger partial charge is 0.485 e. The van der Waals surface area contributed by atoms with Gasteiger partial charge in [0.2, 0.25) is 0 Å². The molecule has 1 fully saturated rings. The highest BCUT2D eigenvalue weighted by molar-refractivity contribution is 5.78. The number of benzene rings is 1. The van der Waals surface area contributed by atoms with E-state index in [9.17, 15) is 5.11 Å². The topological polar surface area (TPSA) is 61.4 Å². The molecule has 3 heterocycles. The summed E-state index contributed by atoms with van der Waals surface area (Å²) < 4.78 is 6.10. The molecule has 22 heavy (non-hydrogen) atoms. The molecule has 4 rings (SSSR count). The van der Waals surface area contributed by atoms with Crippen LogP contribution in [0.5, 0.6) is 5.75 Å². The first kappa shape index (κ1) is 14.0. The van der Waals surface area contributed by atoms with E-state index in [1.54, 1.807) is 6.33 Å². The van der Waals surface area contributed by atoms with E-state index in [-0.39, 0.29) is 6.04 Å². The molecule has 1 saturated heterocycles. The lowest BCUT2D eigenvalue weighted by Gasteiger charge is -2.47. The van der Waals surface area contributed by atoms with Gasteiger partial charge in [0.1, 0.15) is 17.5 Å². The molecular weight excluding hydrogens is 278 g/mol. The Kier molecular flexibility index (Phi) is 3.16. The SMILES string of the molecule is CC1(C)Oc2cc3nc[nH]c3cc2C(N2CCCCC2)C1O. The lowest BCUT2D eigenvalue weighted by atomic mass is 9.84. The number of imidazole rings is 1. The molecule has 2 unspecified atom stereocenters. The van der Waals surface area contributed by atoms with Gasteiger partial charge >= 0.3 is 0 Å². The first-order valence-electron chi connectivity index (χ1n) is 8.14. The number of rotatable bonds is 1. The number of aromatic nitrogens is 2. The van der Waals surface area contributed by atoms with Crippen LogP contribution in [0.25, 0.3) is 11.0 Å². The van der Waals surface area contributed by atoms with E-state index in [2.05, 4.69) is 20.9 Å². The highest BCUT2D eigenvalue weighted by Crippen LogP contribution is 2.44. The van der Waals surface area contributed by atoms with Crippen molar-refractivity contribution in [3.05, 3.63) is 24.0 Å².